The van der Waals surface area contributed by atoms with Gasteiger partial charge in [0.25, 0.3) is 5.91 Å². The van der Waals surface area contributed by atoms with Crippen molar-refractivity contribution in [2.75, 3.05) is 0 Å². The SMILES string of the molecule is CC/C(=N/NC(=O)c1cc(-c2ccccc2Cl)n[nH]1)c1ccccc1. The monoisotopic (exact) mass is 352 g/mol. The molecule has 0 fully saturated rings. The molecule has 0 radical (unpaired) electrons. The molecule has 1 aromatic heterocycles. The summed E-state index contributed by atoms with van der Waals surface area (Å²) in [5.41, 5.74) is 6.05. The van der Waals surface area contributed by atoms with Crippen LogP contribution < -0.4 is 5.43 Å². The number of nitrogens with zero attached hydrogens (tertiary/aromatic N) is 2. The van der Waals surface area contributed by atoms with Gasteiger partial charge in [-0.15, -0.1) is 0 Å². The highest BCUT2D eigenvalue weighted by Gasteiger charge is 2.12. The number of nitrogens with one attached hydrogen (secondary N) is 2. The summed E-state index contributed by atoms with van der Waals surface area (Å²) in [6.07, 6.45) is 0.706. The lowest BCUT2D eigenvalue weighted by molar-refractivity contribution is 0.0950. The molecular weight excluding hydrogens is 336 g/mol. The summed E-state index contributed by atoms with van der Waals surface area (Å²) in [5, 5.41) is 11.7. The van der Waals surface area contributed by atoms with Crippen molar-refractivity contribution in [3.63, 3.8) is 0 Å². The largest absolute Gasteiger partial charge is 0.289 e. The third-order valence-corrected chi connectivity index (χ3v) is 4.04. The number of H-pyrrole nitrogens is 1. The molecule has 3 rings (SSSR count). The summed E-state index contributed by atoms with van der Waals surface area (Å²) in [6, 6.07) is 18.7. The zero-order chi connectivity index (χ0) is 17.6. The van der Waals surface area contributed by atoms with Crippen LogP contribution in [0.4, 0.5) is 0 Å². The van der Waals surface area contributed by atoms with E-state index in [0.29, 0.717) is 22.8 Å². The van der Waals surface area contributed by atoms with E-state index in [1.165, 1.54) is 0 Å². The maximum Gasteiger partial charge on any atom is 0.289 e. The van der Waals surface area contributed by atoms with Gasteiger partial charge in [0.15, 0.2) is 0 Å². The van der Waals surface area contributed by atoms with E-state index in [1.807, 2.05) is 55.5 Å². The molecule has 0 aliphatic rings. The van der Waals surface area contributed by atoms with Crippen molar-refractivity contribution in [3.8, 4) is 11.3 Å². The molecule has 1 amide bonds. The lowest BCUT2D eigenvalue weighted by atomic mass is 10.1. The van der Waals surface area contributed by atoms with E-state index in [2.05, 4.69) is 20.7 Å². The third-order valence-electron chi connectivity index (χ3n) is 3.71. The Bertz CT molecular complexity index is 903. The van der Waals surface area contributed by atoms with Gasteiger partial charge in [-0.1, -0.05) is 67.1 Å². The zero-order valence-corrected chi connectivity index (χ0v) is 14.4. The molecule has 6 heteroatoms. The molecule has 126 valence electrons. The van der Waals surface area contributed by atoms with E-state index in [4.69, 9.17) is 11.6 Å². The molecule has 0 unspecified atom stereocenters. The molecule has 0 atom stereocenters. The second-order valence-corrected chi connectivity index (χ2v) is 5.77. The van der Waals surface area contributed by atoms with Crippen molar-refractivity contribution in [1.82, 2.24) is 15.6 Å². The number of halogens is 1. The molecule has 2 N–H and O–H groups in total. The van der Waals surface area contributed by atoms with Gasteiger partial charge in [0.2, 0.25) is 0 Å². The van der Waals surface area contributed by atoms with E-state index in [0.717, 1.165) is 16.8 Å². The van der Waals surface area contributed by atoms with E-state index < -0.39 is 0 Å². The molecule has 0 saturated heterocycles. The summed E-state index contributed by atoms with van der Waals surface area (Å²) < 4.78 is 0. The number of aromatic amines is 1. The average molecular weight is 353 g/mol. The number of carbonyl (C=O) groups is 1. The van der Waals surface area contributed by atoms with Crippen LogP contribution in [0.5, 0.6) is 0 Å². The van der Waals surface area contributed by atoms with Gasteiger partial charge in [-0.2, -0.15) is 10.2 Å². The summed E-state index contributed by atoms with van der Waals surface area (Å²) in [7, 11) is 0. The number of hydrazone groups is 1. The summed E-state index contributed by atoms with van der Waals surface area (Å²) in [4.78, 5) is 12.3. The first-order valence-corrected chi connectivity index (χ1v) is 8.29. The molecule has 5 nitrogen and oxygen atoms in total. The number of benzene rings is 2. The predicted molar refractivity (Wildman–Crippen MR) is 99.8 cm³/mol. The Kier molecular flexibility index (Phi) is 5.26. The first-order valence-electron chi connectivity index (χ1n) is 7.91. The van der Waals surface area contributed by atoms with Crippen molar-refractivity contribution in [2.45, 2.75) is 13.3 Å². The van der Waals surface area contributed by atoms with E-state index >= 15 is 0 Å². The third kappa shape index (κ3) is 3.95. The van der Waals surface area contributed by atoms with Crippen LogP contribution in [0.2, 0.25) is 5.02 Å². The average Bonchev–Trinajstić information content (AvgIpc) is 3.13. The van der Waals surface area contributed by atoms with Gasteiger partial charge in [0, 0.05) is 5.56 Å². The molecule has 0 aliphatic carbocycles. The van der Waals surface area contributed by atoms with Crippen molar-refractivity contribution >= 4 is 23.2 Å². The fourth-order valence-electron chi connectivity index (χ4n) is 2.40. The highest BCUT2D eigenvalue weighted by molar-refractivity contribution is 6.33. The number of carbonyl (C=O) groups excluding carboxylic acids is 1. The molecule has 2 aromatic carbocycles. The predicted octanol–water partition coefficient (Wildman–Crippen LogP) is 4.27. The van der Waals surface area contributed by atoms with E-state index in [-0.39, 0.29) is 5.91 Å². The van der Waals surface area contributed by atoms with Crippen molar-refractivity contribution in [1.29, 1.82) is 0 Å². The van der Waals surface area contributed by atoms with Crippen LogP contribution in [-0.4, -0.2) is 21.8 Å². The Morgan fingerprint density at radius 2 is 1.88 bits per heavy atom. The van der Waals surface area contributed by atoms with Gasteiger partial charge >= 0.3 is 0 Å². The fourth-order valence-corrected chi connectivity index (χ4v) is 2.63. The van der Waals surface area contributed by atoms with Crippen LogP contribution in [0.1, 0.15) is 29.4 Å². The van der Waals surface area contributed by atoms with Gasteiger partial charge in [-0.3, -0.25) is 9.89 Å². The van der Waals surface area contributed by atoms with Gasteiger partial charge < -0.3 is 0 Å². The lowest BCUT2D eigenvalue weighted by Crippen LogP contribution is -2.20. The van der Waals surface area contributed by atoms with Crippen LogP contribution in [-0.2, 0) is 0 Å². The first kappa shape index (κ1) is 16.9. The van der Waals surface area contributed by atoms with Crippen LogP contribution in [0.3, 0.4) is 0 Å². The molecule has 0 aliphatic heterocycles. The van der Waals surface area contributed by atoms with Gasteiger partial charge in [-0.25, -0.2) is 5.43 Å². The maximum atomic E-state index is 12.3. The Hall–Kier alpha value is -2.92. The van der Waals surface area contributed by atoms with Gasteiger partial charge in [0.1, 0.15) is 5.69 Å². The summed E-state index contributed by atoms with van der Waals surface area (Å²) >= 11 is 6.16. The molecule has 1 heterocycles. The van der Waals surface area contributed by atoms with Crippen LogP contribution in [0, 0.1) is 0 Å². The molecule has 0 spiro atoms. The van der Waals surface area contributed by atoms with Crippen LogP contribution in [0.25, 0.3) is 11.3 Å². The summed E-state index contributed by atoms with van der Waals surface area (Å²) in [6.45, 7) is 1.99. The molecule has 0 bridgehead atoms. The van der Waals surface area contributed by atoms with Crippen molar-refractivity contribution in [3.05, 3.63) is 76.9 Å². The minimum absolute atomic E-state index is 0.321. The highest BCUT2D eigenvalue weighted by Crippen LogP contribution is 2.26. The number of rotatable bonds is 5. The number of hydrogen-bond acceptors (Lipinski definition) is 3. The minimum atomic E-state index is -0.354. The first-order chi connectivity index (χ1) is 12.2. The van der Waals surface area contributed by atoms with Gasteiger partial charge in [-0.05, 0) is 24.1 Å². The second-order valence-electron chi connectivity index (χ2n) is 5.37. The molecule has 25 heavy (non-hydrogen) atoms. The van der Waals surface area contributed by atoms with Crippen LogP contribution >= 0.6 is 11.6 Å². The van der Waals surface area contributed by atoms with E-state index in [9.17, 15) is 4.79 Å². The smallest absolute Gasteiger partial charge is 0.272 e. The standard InChI is InChI=1S/C19H17ClN4O/c1-2-16(13-8-4-3-5-9-13)21-24-19(25)18-12-17(22-23-18)14-10-6-7-11-15(14)20/h3-12H,2H2,1H3,(H,22,23)(H,24,25)/b21-16-. The minimum Gasteiger partial charge on any atom is -0.272 e. The summed E-state index contributed by atoms with van der Waals surface area (Å²) in [5.74, 6) is -0.354. The molecular formula is C19H17ClN4O. The van der Waals surface area contributed by atoms with Crippen molar-refractivity contribution < 1.29 is 4.79 Å². The Labute approximate surface area is 150 Å². The Morgan fingerprint density at radius 3 is 2.60 bits per heavy atom. The fraction of sp³-hybridized carbons (Fsp3) is 0.105. The quantitative estimate of drug-likeness (QED) is 0.531. The highest BCUT2D eigenvalue weighted by atomic mass is 35.5. The maximum absolute atomic E-state index is 12.3. The van der Waals surface area contributed by atoms with Crippen molar-refractivity contribution in [2.24, 2.45) is 5.10 Å². The Morgan fingerprint density at radius 1 is 1.16 bits per heavy atom. The number of aromatic nitrogens is 2. The van der Waals surface area contributed by atoms with Crippen LogP contribution in [0.15, 0.2) is 65.8 Å². The molecule has 3 aromatic rings. The number of amides is 1. The normalized spacial score (nSPS) is 11.4. The zero-order valence-electron chi connectivity index (χ0n) is 13.7. The molecule has 0 saturated carbocycles. The lowest BCUT2D eigenvalue weighted by Gasteiger charge is -2.04. The van der Waals surface area contributed by atoms with E-state index in [1.54, 1.807) is 12.1 Å². The number of hydrogen-bond donors (Lipinski definition) is 2. The Balaban J connectivity index is 1.76. The topological polar surface area (TPSA) is 70.1 Å². The van der Waals surface area contributed by atoms with Gasteiger partial charge in [0.05, 0.1) is 16.4 Å². The second kappa shape index (κ2) is 7.77.